The van der Waals surface area contributed by atoms with Gasteiger partial charge in [0, 0.05) is 17.4 Å². The molecule has 0 aliphatic heterocycles. The number of rotatable bonds is 5. The van der Waals surface area contributed by atoms with Crippen molar-refractivity contribution in [2.24, 2.45) is 0 Å². The first-order valence-corrected chi connectivity index (χ1v) is 9.64. The van der Waals surface area contributed by atoms with Crippen LogP contribution in [0.15, 0.2) is 70.6 Å². The molecule has 0 saturated heterocycles. The van der Waals surface area contributed by atoms with Gasteiger partial charge in [-0.25, -0.2) is 17.8 Å². The Bertz CT molecular complexity index is 1150. The zero-order valence-corrected chi connectivity index (χ0v) is 15.8. The van der Waals surface area contributed by atoms with E-state index in [1.54, 1.807) is 18.2 Å². The number of carbonyl (C=O) groups is 1. The van der Waals surface area contributed by atoms with Crippen molar-refractivity contribution in [2.75, 3.05) is 6.61 Å². The van der Waals surface area contributed by atoms with Gasteiger partial charge in [0.1, 0.15) is 5.75 Å². The number of imidazole rings is 1. The molecule has 27 heavy (non-hydrogen) atoms. The molecule has 140 valence electrons. The van der Waals surface area contributed by atoms with Crippen molar-refractivity contribution in [3.63, 3.8) is 0 Å². The van der Waals surface area contributed by atoms with Gasteiger partial charge >= 0.3 is 5.69 Å². The molecule has 0 amide bonds. The number of nitrogens with zero attached hydrogens (tertiary/aromatic N) is 2. The third kappa shape index (κ3) is 3.96. The lowest BCUT2D eigenvalue weighted by molar-refractivity contribution is 0.0833. The molecule has 2 aromatic carbocycles. The van der Waals surface area contributed by atoms with E-state index >= 15 is 0 Å². The molecule has 0 fully saturated rings. The maximum atomic E-state index is 12.6. The van der Waals surface area contributed by atoms with Crippen molar-refractivity contribution in [1.82, 2.24) is 8.54 Å². The summed E-state index contributed by atoms with van der Waals surface area (Å²) in [6.07, 6.45) is 2.12. The summed E-state index contributed by atoms with van der Waals surface area (Å²) in [6, 6.07) is 12.4. The van der Waals surface area contributed by atoms with Crippen LogP contribution in [0.1, 0.15) is 10.4 Å². The normalized spacial score (nSPS) is 11.3. The van der Waals surface area contributed by atoms with Gasteiger partial charge in [0.25, 0.3) is 15.9 Å². The zero-order valence-electron chi connectivity index (χ0n) is 14.2. The number of halogens is 1. The van der Waals surface area contributed by atoms with Gasteiger partial charge in [-0.15, -0.1) is 0 Å². The first kappa shape index (κ1) is 18.9. The smallest absolute Gasteiger partial charge is 0.349 e. The SMILES string of the molecule is Cc1cccc(OCC(=O)n2ccn(S(=O)(=O)c3ccc(Cl)cc3)c2=O)c1. The van der Waals surface area contributed by atoms with E-state index in [0.29, 0.717) is 19.3 Å². The molecular formula is C18H15ClN2O5S. The number of benzene rings is 2. The predicted octanol–water partition coefficient (Wildman–Crippen LogP) is 2.57. The Morgan fingerprint density at radius 1 is 1.11 bits per heavy atom. The van der Waals surface area contributed by atoms with Gasteiger partial charge in [-0.1, -0.05) is 23.7 Å². The van der Waals surface area contributed by atoms with Crippen LogP contribution < -0.4 is 10.4 Å². The van der Waals surface area contributed by atoms with E-state index in [0.717, 1.165) is 18.0 Å². The van der Waals surface area contributed by atoms with Crippen LogP contribution >= 0.6 is 11.6 Å². The fourth-order valence-corrected chi connectivity index (χ4v) is 3.71. The molecule has 0 N–H and O–H groups in total. The average Bonchev–Trinajstić information content (AvgIpc) is 3.02. The molecule has 0 atom stereocenters. The van der Waals surface area contributed by atoms with Crippen LogP contribution in [0.4, 0.5) is 0 Å². The van der Waals surface area contributed by atoms with Crippen molar-refractivity contribution in [3.8, 4) is 5.75 Å². The Morgan fingerprint density at radius 3 is 2.48 bits per heavy atom. The predicted molar refractivity (Wildman–Crippen MR) is 100 cm³/mol. The van der Waals surface area contributed by atoms with Gasteiger partial charge in [-0.05, 0) is 48.9 Å². The van der Waals surface area contributed by atoms with Gasteiger partial charge < -0.3 is 4.74 Å². The van der Waals surface area contributed by atoms with E-state index in [-0.39, 0.29) is 4.90 Å². The van der Waals surface area contributed by atoms with E-state index in [1.807, 2.05) is 13.0 Å². The second kappa shape index (κ2) is 7.42. The Hall–Kier alpha value is -2.84. The van der Waals surface area contributed by atoms with E-state index in [1.165, 1.54) is 24.3 Å². The lowest BCUT2D eigenvalue weighted by Crippen LogP contribution is -2.34. The molecule has 0 unspecified atom stereocenters. The van der Waals surface area contributed by atoms with Crippen LogP contribution in [0.25, 0.3) is 0 Å². The lowest BCUT2D eigenvalue weighted by Gasteiger charge is -2.06. The molecule has 0 saturated carbocycles. The number of ether oxygens (including phenoxy) is 1. The summed E-state index contributed by atoms with van der Waals surface area (Å²) in [5.41, 5.74) is -0.0416. The maximum absolute atomic E-state index is 12.6. The molecule has 0 aliphatic rings. The number of aryl methyl sites for hydroxylation is 1. The fourth-order valence-electron chi connectivity index (χ4n) is 2.37. The molecule has 0 spiro atoms. The van der Waals surface area contributed by atoms with Crippen LogP contribution in [0, 0.1) is 6.92 Å². The van der Waals surface area contributed by atoms with Gasteiger partial charge in [0.05, 0.1) is 4.90 Å². The highest BCUT2D eigenvalue weighted by atomic mass is 35.5. The quantitative estimate of drug-likeness (QED) is 0.649. The van der Waals surface area contributed by atoms with Crippen molar-refractivity contribution < 1.29 is 17.9 Å². The highest BCUT2D eigenvalue weighted by Crippen LogP contribution is 2.16. The minimum atomic E-state index is -4.14. The van der Waals surface area contributed by atoms with E-state index in [4.69, 9.17) is 16.3 Å². The standard InChI is InChI=1S/C18H15ClN2O5S/c1-13-3-2-4-15(11-13)26-12-17(22)20-9-10-21(18(20)23)27(24,25)16-7-5-14(19)6-8-16/h2-11H,12H2,1H3. The minimum absolute atomic E-state index is 0.116. The van der Waals surface area contributed by atoms with Gasteiger partial charge in [0.15, 0.2) is 6.61 Å². The van der Waals surface area contributed by atoms with E-state index < -0.39 is 28.2 Å². The molecule has 3 aromatic rings. The monoisotopic (exact) mass is 406 g/mol. The Kier molecular flexibility index (Phi) is 5.20. The third-order valence-electron chi connectivity index (χ3n) is 3.74. The fraction of sp³-hybridized carbons (Fsp3) is 0.111. The highest BCUT2D eigenvalue weighted by Gasteiger charge is 2.22. The van der Waals surface area contributed by atoms with E-state index in [9.17, 15) is 18.0 Å². The van der Waals surface area contributed by atoms with E-state index in [2.05, 4.69) is 0 Å². The number of carbonyl (C=O) groups excluding carboxylic acids is 1. The molecule has 3 rings (SSSR count). The van der Waals surface area contributed by atoms with Crippen LogP contribution in [-0.4, -0.2) is 29.5 Å². The van der Waals surface area contributed by atoms with Crippen LogP contribution in [0.3, 0.4) is 0 Å². The van der Waals surface area contributed by atoms with Crippen LogP contribution in [0.2, 0.25) is 5.02 Å². The van der Waals surface area contributed by atoms with Gasteiger partial charge in [-0.2, -0.15) is 3.97 Å². The third-order valence-corrected chi connectivity index (χ3v) is 5.65. The summed E-state index contributed by atoms with van der Waals surface area (Å²) in [5, 5.41) is 0.363. The van der Waals surface area contributed by atoms with Gasteiger partial charge in [-0.3, -0.25) is 4.79 Å². The second-order valence-corrected chi connectivity index (χ2v) is 7.96. The number of hydrogen-bond donors (Lipinski definition) is 0. The summed E-state index contributed by atoms with van der Waals surface area (Å²) in [5.74, 6) is -0.212. The molecule has 7 nitrogen and oxygen atoms in total. The summed E-state index contributed by atoms with van der Waals surface area (Å²) in [7, 11) is -4.14. The molecule has 0 bridgehead atoms. The molecular weight excluding hydrogens is 392 g/mol. The van der Waals surface area contributed by atoms with Crippen molar-refractivity contribution in [3.05, 3.63) is 82.0 Å². The summed E-state index contributed by atoms with van der Waals surface area (Å²) in [6.45, 7) is 1.47. The zero-order chi connectivity index (χ0) is 19.6. The van der Waals surface area contributed by atoms with Gasteiger partial charge in [0.2, 0.25) is 0 Å². The first-order chi connectivity index (χ1) is 12.8. The molecule has 9 heteroatoms. The molecule has 1 aromatic heterocycles. The van der Waals surface area contributed by atoms with Crippen molar-refractivity contribution in [1.29, 1.82) is 0 Å². The minimum Gasteiger partial charge on any atom is -0.484 e. The number of hydrogen-bond acceptors (Lipinski definition) is 5. The maximum Gasteiger partial charge on any atom is 0.349 e. The molecule has 0 aliphatic carbocycles. The highest BCUT2D eigenvalue weighted by molar-refractivity contribution is 7.90. The Balaban J connectivity index is 1.83. The first-order valence-electron chi connectivity index (χ1n) is 7.83. The summed E-state index contributed by atoms with van der Waals surface area (Å²) >= 11 is 5.75. The Morgan fingerprint density at radius 2 is 1.81 bits per heavy atom. The topological polar surface area (TPSA) is 87.4 Å². The van der Waals surface area contributed by atoms with Crippen molar-refractivity contribution >= 4 is 27.5 Å². The van der Waals surface area contributed by atoms with Crippen LogP contribution in [0.5, 0.6) is 5.75 Å². The summed E-state index contributed by atoms with van der Waals surface area (Å²) in [4.78, 5) is 24.5. The lowest BCUT2D eigenvalue weighted by atomic mass is 10.2. The van der Waals surface area contributed by atoms with Crippen LogP contribution in [-0.2, 0) is 10.0 Å². The Labute approximate surface area is 160 Å². The molecule has 1 heterocycles. The molecule has 0 radical (unpaired) electrons. The second-order valence-electron chi connectivity index (χ2n) is 5.70. The number of aromatic nitrogens is 2. The largest absolute Gasteiger partial charge is 0.484 e. The average molecular weight is 407 g/mol. The summed E-state index contributed by atoms with van der Waals surface area (Å²) < 4.78 is 31.7. The van der Waals surface area contributed by atoms with Crippen molar-refractivity contribution in [2.45, 2.75) is 11.8 Å².